The minimum Gasteiger partial charge on any atom is -0.382 e. The lowest BCUT2D eigenvalue weighted by molar-refractivity contribution is 1.10. The summed E-state index contributed by atoms with van der Waals surface area (Å²) in [7, 11) is 0. The lowest BCUT2D eigenvalue weighted by Gasteiger charge is -2.04. The molecule has 0 aliphatic heterocycles. The molecule has 3 N–H and O–H groups in total. The fourth-order valence-electron chi connectivity index (χ4n) is 1.54. The standard InChI is InChI=1S/C11H13N3S/c1-7-5-8(15-2)3-4-9(7)10-6-11(12)14-13-10/h3-6H,1-2H3,(H3,12,13,14). The maximum atomic E-state index is 5.58. The van der Waals surface area contributed by atoms with Gasteiger partial charge in [-0.25, -0.2) is 0 Å². The summed E-state index contributed by atoms with van der Waals surface area (Å²) in [5, 5.41) is 6.84. The number of nitrogens with two attached hydrogens (primary N) is 1. The Morgan fingerprint density at radius 1 is 1.33 bits per heavy atom. The maximum absolute atomic E-state index is 5.58. The number of anilines is 1. The molecule has 78 valence electrons. The van der Waals surface area contributed by atoms with Crippen LogP contribution in [0.2, 0.25) is 0 Å². The SMILES string of the molecule is CSc1ccc(-c2cc(N)n[nH]2)c(C)c1. The van der Waals surface area contributed by atoms with Crippen molar-refractivity contribution in [2.75, 3.05) is 12.0 Å². The van der Waals surface area contributed by atoms with Crippen LogP contribution < -0.4 is 5.73 Å². The quantitative estimate of drug-likeness (QED) is 0.763. The maximum Gasteiger partial charge on any atom is 0.145 e. The lowest BCUT2D eigenvalue weighted by Crippen LogP contribution is -1.84. The number of H-pyrrole nitrogens is 1. The van der Waals surface area contributed by atoms with Crippen LogP contribution in [0, 0.1) is 6.92 Å². The highest BCUT2D eigenvalue weighted by atomic mass is 32.2. The first kappa shape index (κ1) is 10.1. The molecule has 0 aliphatic carbocycles. The van der Waals surface area contributed by atoms with Gasteiger partial charge < -0.3 is 5.73 Å². The summed E-state index contributed by atoms with van der Waals surface area (Å²) in [5.41, 5.74) is 8.92. The van der Waals surface area contributed by atoms with E-state index in [2.05, 4.69) is 41.6 Å². The van der Waals surface area contributed by atoms with Crippen molar-refractivity contribution >= 4 is 17.6 Å². The summed E-state index contributed by atoms with van der Waals surface area (Å²) in [6, 6.07) is 8.20. The minimum atomic E-state index is 0.526. The van der Waals surface area contributed by atoms with E-state index in [1.54, 1.807) is 11.8 Å². The van der Waals surface area contributed by atoms with Gasteiger partial charge in [-0.15, -0.1) is 11.8 Å². The molecular weight excluding hydrogens is 206 g/mol. The number of aryl methyl sites for hydroxylation is 1. The van der Waals surface area contributed by atoms with Crippen LogP contribution >= 0.6 is 11.8 Å². The number of aromatic nitrogens is 2. The zero-order valence-electron chi connectivity index (χ0n) is 8.74. The molecule has 1 aromatic heterocycles. The Morgan fingerprint density at radius 2 is 2.13 bits per heavy atom. The average molecular weight is 219 g/mol. The van der Waals surface area contributed by atoms with Crippen LogP contribution in [0.1, 0.15) is 5.56 Å². The molecule has 0 radical (unpaired) electrons. The molecule has 0 bridgehead atoms. The van der Waals surface area contributed by atoms with E-state index in [-0.39, 0.29) is 0 Å². The van der Waals surface area contributed by atoms with E-state index in [9.17, 15) is 0 Å². The third-order valence-corrected chi connectivity index (χ3v) is 3.05. The monoisotopic (exact) mass is 219 g/mol. The highest BCUT2D eigenvalue weighted by Crippen LogP contribution is 2.26. The fraction of sp³-hybridized carbons (Fsp3) is 0.182. The van der Waals surface area contributed by atoms with Crippen LogP contribution in [-0.2, 0) is 0 Å². The molecule has 0 fully saturated rings. The Balaban J connectivity index is 2.45. The topological polar surface area (TPSA) is 54.7 Å². The zero-order valence-corrected chi connectivity index (χ0v) is 9.56. The van der Waals surface area contributed by atoms with Gasteiger partial charge in [0.2, 0.25) is 0 Å². The molecule has 2 aromatic rings. The largest absolute Gasteiger partial charge is 0.382 e. The van der Waals surface area contributed by atoms with E-state index in [0.717, 1.165) is 11.3 Å². The third-order valence-electron chi connectivity index (χ3n) is 2.32. The normalized spacial score (nSPS) is 10.5. The molecule has 0 saturated carbocycles. The Morgan fingerprint density at radius 3 is 2.67 bits per heavy atom. The Bertz CT molecular complexity index is 476. The molecule has 15 heavy (non-hydrogen) atoms. The number of nitrogens with zero attached hydrogens (tertiary/aromatic N) is 1. The number of nitrogens with one attached hydrogen (secondary N) is 1. The predicted octanol–water partition coefficient (Wildman–Crippen LogP) is 2.69. The number of hydrogen-bond acceptors (Lipinski definition) is 3. The first-order chi connectivity index (χ1) is 7.20. The Labute approximate surface area is 93.1 Å². The van der Waals surface area contributed by atoms with Gasteiger partial charge >= 0.3 is 0 Å². The highest BCUT2D eigenvalue weighted by Gasteiger charge is 2.05. The van der Waals surface area contributed by atoms with E-state index < -0.39 is 0 Å². The number of thioether (sulfide) groups is 1. The molecule has 0 aliphatic rings. The van der Waals surface area contributed by atoms with E-state index in [0.29, 0.717) is 5.82 Å². The summed E-state index contributed by atoms with van der Waals surface area (Å²) in [5.74, 6) is 0.526. The zero-order chi connectivity index (χ0) is 10.8. The summed E-state index contributed by atoms with van der Waals surface area (Å²) in [6.07, 6.45) is 2.07. The van der Waals surface area contributed by atoms with Crippen molar-refractivity contribution in [2.24, 2.45) is 0 Å². The second-order valence-corrected chi connectivity index (χ2v) is 4.27. The van der Waals surface area contributed by atoms with Crippen molar-refractivity contribution in [2.45, 2.75) is 11.8 Å². The van der Waals surface area contributed by atoms with Gasteiger partial charge in [-0.05, 0) is 30.9 Å². The summed E-state index contributed by atoms with van der Waals surface area (Å²) >= 11 is 1.74. The van der Waals surface area contributed by atoms with Crippen LogP contribution in [0.3, 0.4) is 0 Å². The predicted molar refractivity (Wildman–Crippen MR) is 65.0 cm³/mol. The summed E-state index contributed by atoms with van der Waals surface area (Å²) in [6.45, 7) is 2.09. The van der Waals surface area contributed by atoms with Gasteiger partial charge in [0.15, 0.2) is 0 Å². The molecule has 2 rings (SSSR count). The van der Waals surface area contributed by atoms with Crippen LogP contribution in [0.25, 0.3) is 11.3 Å². The van der Waals surface area contributed by atoms with E-state index >= 15 is 0 Å². The second kappa shape index (κ2) is 3.98. The van der Waals surface area contributed by atoms with Crippen molar-refractivity contribution < 1.29 is 0 Å². The van der Waals surface area contributed by atoms with Gasteiger partial charge in [0, 0.05) is 16.5 Å². The molecule has 0 unspecified atom stereocenters. The van der Waals surface area contributed by atoms with Gasteiger partial charge in [-0.1, -0.05) is 6.07 Å². The molecular formula is C11H13N3S. The molecule has 0 saturated heterocycles. The molecule has 0 amide bonds. The van der Waals surface area contributed by atoms with Gasteiger partial charge in [0.25, 0.3) is 0 Å². The van der Waals surface area contributed by atoms with Gasteiger partial charge in [0.05, 0.1) is 5.69 Å². The minimum absolute atomic E-state index is 0.526. The van der Waals surface area contributed by atoms with Crippen molar-refractivity contribution in [3.63, 3.8) is 0 Å². The Kier molecular flexibility index (Phi) is 2.68. The molecule has 1 heterocycles. The molecule has 1 aromatic carbocycles. The molecule has 0 spiro atoms. The van der Waals surface area contributed by atoms with Crippen molar-refractivity contribution in [1.82, 2.24) is 10.2 Å². The summed E-state index contributed by atoms with van der Waals surface area (Å²) < 4.78 is 0. The van der Waals surface area contributed by atoms with E-state index in [4.69, 9.17) is 5.73 Å². The van der Waals surface area contributed by atoms with E-state index in [1.165, 1.54) is 10.5 Å². The van der Waals surface area contributed by atoms with E-state index in [1.807, 2.05) is 6.07 Å². The van der Waals surface area contributed by atoms with Gasteiger partial charge in [-0.2, -0.15) is 5.10 Å². The number of hydrogen-bond donors (Lipinski definition) is 2. The molecule has 0 atom stereocenters. The number of nitrogen functional groups attached to an aromatic ring is 1. The van der Waals surface area contributed by atoms with Crippen LogP contribution in [0.5, 0.6) is 0 Å². The molecule has 3 nitrogen and oxygen atoms in total. The Hall–Kier alpha value is -1.42. The summed E-state index contributed by atoms with van der Waals surface area (Å²) in [4.78, 5) is 1.27. The van der Waals surface area contributed by atoms with Crippen LogP contribution in [0.4, 0.5) is 5.82 Å². The van der Waals surface area contributed by atoms with Gasteiger partial charge in [0.1, 0.15) is 5.82 Å². The third kappa shape index (κ3) is 1.99. The van der Waals surface area contributed by atoms with Crippen LogP contribution in [0.15, 0.2) is 29.2 Å². The smallest absolute Gasteiger partial charge is 0.145 e. The number of benzene rings is 1. The second-order valence-electron chi connectivity index (χ2n) is 3.39. The fourth-order valence-corrected chi connectivity index (χ4v) is 2.04. The number of aromatic amines is 1. The highest BCUT2D eigenvalue weighted by molar-refractivity contribution is 7.98. The molecule has 4 heteroatoms. The average Bonchev–Trinajstić information content (AvgIpc) is 2.64. The van der Waals surface area contributed by atoms with Crippen molar-refractivity contribution in [3.8, 4) is 11.3 Å². The first-order valence-electron chi connectivity index (χ1n) is 4.66. The number of rotatable bonds is 2. The van der Waals surface area contributed by atoms with Crippen molar-refractivity contribution in [3.05, 3.63) is 29.8 Å². The van der Waals surface area contributed by atoms with Crippen molar-refractivity contribution in [1.29, 1.82) is 0 Å². The lowest BCUT2D eigenvalue weighted by atomic mass is 10.1. The van der Waals surface area contributed by atoms with Gasteiger partial charge in [-0.3, -0.25) is 5.10 Å². The first-order valence-corrected chi connectivity index (χ1v) is 5.89. The van der Waals surface area contributed by atoms with Crippen LogP contribution in [-0.4, -0.2) is 16.5 Å².